The maximum absolute atomic E-state index is 4.69. The lowest BCUT2D eigenvalue weighted by atomic mass is 10.1. The summed E-state index contributed by atoms with van der Waals surface area (Å²) in [5.41, 5.74) is 1.27. The monoisotopic (exact) mass is 240 g/mol. The van der Waals surface area contributed by atoms with E-state index in [1.165, 1.54) is 23.5 Å². The van der Waals surface area contributed by atoms with Gasteiger partial charge in [-0.2, -0.15) is 0 Å². The molecule has 92 valence electrons. The second-order valence-electron chi connectivity index (χ2n) is 4.70. The van der Waals surface area contributed by atoms with Crippen LogP contribution in [0.5, 0.6) is 0 Å². The Morgan fingerprint density at radius 3 is 2.75 bits per heavy atom. The molecule has 0 amide bonds. The van der Waals surface area contributed by atoms with Crippen LogP contribution < -0.4 is 5.32 Å². The first-order valence-electron chi connectivity index (χ1n) is 6.31. The van der Waals surface area contributed by atoms with E-state index >= 15 is 0 Å². The summed E-state index contributed by atoms with van der Waals surface area (Å²) in [5.74, 6) is 0.618. The number of nitrogens with one attached hydrogen (secondary N) is 1. The summed E-state index contributed by atoms with van der Waals surface area (Å²) in [6.45, 7) is 9.93. The second kappa shape index (κ2) is 7.02. The van der Waals surface area contributed by atoms with E-state index in [0.717, 1.165) is 13.0 Å². The molecule has 0 saturated heterocycles. The minimum absolute atomic E-state index is 0.589. The van der Waals surface area contributed by atoms with Gasteiger partial charge in [0, 0.05) is 17.3 Å². The van der Waals surface area contributed by atoms with Crippen LogP contribution >= 0.6 is 11.3 Å². The summed E-state index contributed by atoms with van der Waals surface area (Å²) in [6, 6.07) is 0.589. The molecular formula is C13H24N2S. The van der Waals surface area contributed by atoms with E-state index < -0.39 is 0 Å². The van der Waals surface area contributed by atoms with Gasteiger partial charge in [0.05, 0.1) is 10.7 Å². The lowest BCUT2D eigenvalue weighted by Crippen LogP contribution is -2.23. The highest BCUT2D eigenvalue weighted by atomic mass is 32.1. The van der Waals surface area contributed by atoms with Gasteiger partial charge in [-0.3, -0.25) is 0 Å². The van der Waals surface area contributed by atoms with Crippen molar-refractivity contribution in [3.8, 4) is 0 Å². The number of rotatable bonds is 7. The predicted octanol–water partition coefficient (Wildman–Crippen LogP) is 3.59. The minimum Gasteiger partial charge on any atom is -0.315 e. The number of aryl methyl sites for hydroxylation is 1. The van der Waals surface area contributed by atoms with E-state index in [1.54, 1.807) is 0 Å². The van der Waals surface area contributed by atoms with Crippen LogP contribution in [0.15, 0.2) is 5.38 Å². The standard InChI is InChI=1S/C13H24N2S/c1-5-11(4)13-15-12(9-16-13)7-6-8-14-10(2)3/h9-11,14H,5-8H2,1-4H3. The highest BCUT2D eigenvalue weighted by Crippen LogP contribution is 2.22. The van der Waals surface area contributed by atoms with Crippen LogP contribution in [0.4, 0.5) is 0 Å². The van der Waals surface area contributed by atoms with Crippen LogP contribution in [-0.4, -0.2) is 17.6 Å². The highest BCUT2D eigenvalue weighted by molar-refractivity contribution is 7.09. The Morgan fingerprint density at radius 1 is 1.38 bits per heavy atom. The number of thiazole rings is 1. The van der Waals surface area contributed by atoms with Crippen molar-refractivity contribution >= 4 is 11.3 Å². The van der Waals surface area contributed by atoms with Crippen molar-refractivity contribution in [2.75, 3.05) is 6.54 Å². The average Bonchev–Trinajstić information content (AvgIpc) is 2.71. The predicted molar refractivity (Wildman–Crippen MR) is 72.3 cm³/mol. The van der Waals surface area contributed by atoms with Crippen molar-refractivity contribution in [1.29, 1.82) is 0 Å². The second-order valence-corrected chi connectivity index (χ2v) is 5.59. The van der Waals surface area contributed by atoms with Crippen molar-refractivity contribution in [2.45, 2.75) is 58.9 Å². The summed E-state index contributed by atoms with van der Waals surface area (Å²) < 4.78 is 0. The van der Waals surface area contributed by atoms with Crippen molar-refractivity contribution in [2.24, 2.45) is 0 Å². The Hall–Kier alpha value is -0.410. The van der Waals surface area contributed by atoms with E-state index in [9.17, 15) is 0 Å². The summed E-state index contributed by atoms with van der Waals surface area (Å²) in [5, 5.41) is 6.95. The molecule has 0 saturated carbocycles. The van der Waals surface area contributed by atoms with Gasteiger partial charge in [0.1, 0.15) is 0 Å². The molecule has 0 aromatic carbocycles. The van der Waals surface area contributed by atoms with Crippen LogP contribution in [0.25, 0.3) is 0 Å². The Bertz CT molecular complexity index is 294. The molecule has 0 aliphatic carbocycles. The van der Waals surface area contributed by atoms with Gasteiger partial charge >= 0.3 is 0 Å². The lowest BCUT2D eigenvalue weighted by Gasteiger charge is -2.06. The van der Waals surface area contributed by atoms with Crippen molar-refractivity contribution < 1.29 is 0 Å². The van der Waals surface area contributed by atoms with E-state index in [2.05, 4.69) is 43.4 Å². The molecule has 0 bridgehead atoms. The molecule has 16 heavy (non-hydrogen) atoms. The third kappa shape index (κ3) is 4.62. The number of hydrogen-bond donors (Lipinski definition) is 1. The molecule has 1 atom stereocenters. The van der Waals surface area contributed by atoms with Gasteiger partial charge in [-0.1, -0.05) is 27.7 Å². The van der Waals surface area contributed by atoms with Crippen molar-refractivity contribution in [3.63, 3.8) is 0 Å². The first kappa shape index (κ1) is 13.7. The molecule has 0 aliphatic rings. The van der Waals surface area contributed by atoms with Crippen LogP contribution in [0.1, 0.15) is 57.2 Å². The zero-order valence-corrected chi connectivity index (χ0v) is 11.7. The third-order valence-corrected chi connectivity index (χ3v) is 3.89. The SMILES string of the molecule is CCC(C)c1nc(CCCNC(C)C)cs1. The van der Waals surface area contributed by atoms with Crippen LogP contribution in [0.3, 0.4) is 0 Å². The van der Waals surface area contributed by atoms with E-state index in [1.807, 2.05) is 11.3 Å². The quantitative estimate of drug-likeness (QED) is 0.737. The summed E-state index contributed by atoms with van der Waals surface area (Å²) in [4.78, 5) is 4.69. The Kier molecular flexibility index (Phi) is 5.99. The minimum atomic E-state index is 0.589. The normalized spacial score (nSPS) is 13.3. The van der Waals surface area contributed by atoms with Gasteiger partial charge < -0.3 is 5.32 Å². The number of hydrogen-bond acceptors (Lipinski definition) is 3. The molecule has 0 radical (unpaired) electrons. The van der Waals surface area contributed by atoms with Gasteiger partial charge in [-0.15, -0.1) is 11.3 Å². The Balaban J connectivity index is 2.29. The van der Waals surface area contributed by atoms with Crippen LogP contribution in [0.2, 0.25) is 0 Å². The molecule has 0 fully saturated rings. The molecule has 2 nitrogen and oxygen atoms in total. The van der Waals surface area contributed by atoms with Gasteiger partial charge in [0.15, 0.2) is 0 Å². The molecule has 0 spiro atoms. The molecule has 0 aliphatic heterocycles. The van der Waals surface area contributed by atoms with Crippen molar-refractivity contribution in [1.82, 2.24) is 10.3 Å². The van der Waals surface area contributed by atoms with Gasteiger partial charge in [0.25, 0.3) is 0 Å². The van der Waals surface area contributed by atoms with Crippen LogP contribution in [-0.2, 0) is 6.42 Å². The van der Waals surface area contributed by atoms with E-state index in [4.69, 9.17) is 0 Å². The first-order valence-corrected chi connectivity index (χ1v) is 7.19. The topological polar surface area (TPSA) is 24.9 Å². The van der Waals surface area contributed by atoms with Gasteiger partial charge in [-0.05, 0) is 25.8 Å². The Morgan fingerprint density at radius 2 is 2.12 bits per heavy atom. The zero-order chi connectivity index (χ0) is 12.0. The molecule has 1 aromatic heterocycles. The molecule has 1 aromatic rings. The molecule has 1 heterocycles. The fraction of sp³-hybridized carbons (Fsp3) is 0.769. The summed E-state index contributed by atoms with van der Waals surface area (Å²) in [7, 11) is 0. The van der Waals surface area contributed by atoms with Gasteiger partial charge in [-0.25, -0.2) is 4.98 Å². The average molecular weight is 240 g/mol. The summed E-state index contributed by atoms with van der Waals surface area (Å²) >= 11 is 1.82. The molecule has 1 N–H and O–H groups in total. The largest absolute Gasteiger partial charge is 0.315 e. The molecule has 1 rings (SSSR count). The maximum Gasteiger partial charge on any atom is 0.0956 e. The number of nitrogens with zero attached hydrogens (tertiary/aromatic N) is 1. The smallest absolute Gasteiger partial charge is 0.0956 e. The highest BCUT2D eigenvalue weighted by Gasteiger charge is 2.08. The van der Waals surface area contributed by atoms with E-state index in [0.29, 0.717) is 12.0 Å². The number of aromatic nitrogens is 1. The zero-order valence-electron chi connectivity index (χ0n) is 10.9. The van der Waals surface area contributed by atoms with E-state index in [-0.39, 0.29) is 0 Å². The maximum atomic E-state index is 4.69. The summed E-state index contributed by atoms with van der Waals surface area (Å²) in [6.07, 6.45) is 3.47. The van der Waals surface area contributed by atoms with Crippen LogP contribution in [0, 0.1) is 0 Å². The fourth-order valence-corrected chi connectivity index (χ4v) is 2.49. The Labute approximate surface area is 103 Å². The molecule has 1 unspecified atom stereocenters. The molecule has 3 heteroatoms. The third-order valence-electron chi connectivity index (χ3n) is 2.77. The molecular weight excluding hydrogens is 216 g/mol. The lowest BCUT2D eigenvalue weighted by molar-refractivity contribution is 0.568. The fourth-order valence-electron chi connectivity index (χ4n) is 1.50. The first-order chi connectivity index (χ1) is 7.63. The van der Waals surface area contributed by atoms with Crippen molar-refractivity contribution in [3.05, 3.63) is 16.1 Å². The van der Waals surface area contributed by atoms with Gasteiger partial charge in [0.2, 0.25) is 0 Å².